The van der Waals surface area contributed by atoms with Gasteiger partial charge in [0.1, 0.15) is 35.2 Å². The highest BCUT2D eigenvalue weighted by atomic mass is 19.1. The second kappa shape index (κ2) is 10.6. The first-order chi connectivity index (χ1) is 22.9. The molecule has 0 saturated carbocycles. The Morgan fingerprint density at radius 1 is 1.09 bits per heavy atom. The van der Waals surface area contributed by atoms with Crippen molar-refractivity contribution < 1.29 is 18.6 Å². The van der Waals surface area contributed by atoms with E-state index in [1.54, 1.807) is 30.5 Å². The molecule has 3 fully saturated rings. The first-order valence-electron chi connectivity index (χ1n) is 16.2. The number of piperazine rings is 1. The highest BCUT2D eigenvalue weighted by Gasteiger charge is 2.50. The van der Waals surface area contributed by atoms with Crippen molar-refractivity contribution in [1.29, 1.82) is 0 Å². The molecular formula is C37H32F2N6O2. The number of nitrogens with zero attached hydrogens (tertiary/aromatic N) is 5. The molecular weight excluding hydrogens is 598 g/mol. The van der Waals surface area contributed by atoms with Crippen molar-refractivity contribution in [3.63, 3.8) is 0 Å². The number of pyridine rings is 1. The lowest BCUT2D eigenvalue weighted by molar-refractivity contribution is 0.0825. The van der Waals surface area contributed by atoms with Gasteiger partial charge in [-0.3, -0.25) is 9.88 Å². The molecule has 9 rings (SSSR count). The number of rotatable bonds is 5. The Morgan fingerprint density at radius 3 is 2.74 bits per heavy atom. The van der Waals surface area contributed by atoms with Crippen LogP contribution in [0.5, 0.6) is 11.8 Å². The van der Waals surface area contributed by atoms with Gasteiger partial charge in [-0.05, 0) is 67.4 Å². The Kier molecular flexibility index (Phi) is 6.39. The molecule has 4 aliphatic rings. The lowest BCUT2D eigenvalue weighted by Gasteiger charge is -2.35. The van der Waals surface area contributed by atoms with Crippen LogP contribution in [0.4, 0.5) is 14.6 Å². The van der Waals surface area contributed by atoms with Gasteiger partial charge in [0.25, 0.3) is 0 Å². The lowest BCUT2D eigenvalue weighted by atomic mass is 9.88. The van der Waals surface area contributed by atoms with Crippen LogP contribution in [0.25, 0.3) is 32.9 Å². The van der Waals surface area contributed by atoms with Gasteiger partial charge < -0.3 is 20.1 Å². The maximum atomic E-state index is 16.9. The number of halogens is 2. The summed E-state index contributed by atoms with van der Waals surface area (Å²) in [7, 11) is 0. The fraction of sp³-hybridized carbons (Fsp3) is 0.324. The minimum Gasteiger partial charge on any atom is -0.508 e. The zero-order valence-electron chi connectivity index (χ0n) is 25.6. The zero-order chi connectivity index (χ0) is 31.9. The van der Waals surface area contributed by atoms with Crippen molar-refractivity contribution in [2.24, 2.45) is 0 Å². The second-order valence-corrected chi connectivity index (χ2v) is 13.2. The number of anilines is 1. The van der Waals surface area contributed by atoms with Gasteiger partial charge in [-0.1, -0.05) is 30.2 Å². The van der Waals surface area contributed by atoms with Crippen molar-refractivity contribution in [3.05, 3.63) is 83.1 Å². The number of hydrogen-bond acceptors (Lipinski definition) is 8. The Bertz CT molecular complexity index is 2140. The van der Waals surface area contributed by atoms with Gasteiger partial charge in [0.15, 0.2) is 5.82 Å². The molecule has 2 N–H and O–H groups in total. The van der Waals surface area contributed by atoms with Crippen molar-refractivity contribution in [2.45, 2.75) is 49.9 Å². The third kappa shape index (κ3) is 4.37. The molecule has 6 heterocycles. The van der Waals surface area contributed by atoms with E-state index in [1.165, 1.54) is 12.1 Å². The van der Waals surface area contributed by atoms with E-state index in [9.17, 15) is 9.50 Å². The molecule has 3 unspecified atom stereocenters. The van der Waals surface area contributed by atoms with Crippen LogP contribution in [0.2, 0.25) is 0 Å². The van der Waals surface area contributed by atoms with Gasteiger partial charge >= 0.3 is 6.01 Å². The van der Waals surface area contributed by atoms with Crippen LogP contribution in [-0.2, 0) is 12.1 Å². The molecule has 0 radical (unpaired) electrons. The van der Waals surface area contributed by atoms with Gasteiger partial charge in [0.2, 0.25) is 0 Å². The van der Waals surface area contributed by atoms with Gasteiger partial charge in [-0.15, -0.1) is 6.42 Å². The molecule has 10 heteroatoms. The maximum absolute atomic E-state index is 16.9. The van der Waals surface area contributed by atoms with E-state index in [2.05, 4.69) is 31.0 Å². The van der Waals surface area contributed by atoms with E-state index < -0.39 is 11.4 Å². The highest BCUT2D eigenvalue weighted by molar-refractivity contribution is 6.02. The molecule has 0 spiro atoms. The van der Waals surface area contributed by atoms with E-state index in [0.29, 0.717) is 57.3 Å². The topological polar surface area (TPSA) is 86.6 Å². The summed E-state index contributed by atoms with van der Waals surface area (Å²) in [4.78, 5) is 18.6. The van der Waals surface area contributed by atoms with E-state index in [4.69, 9.17) is 16.1 Å². The van der Waals surface area contributed by atoms with Crippen LogP contribution in [0, 0.1) is 24.0 Å². The number of terminal acetylenes is 1. The number of aromatic hydroxyl groups is 1. The summed E-state index contributed by atoms with van der Waals surface area (Å²) in [5, 5.41) is 16.0. The summed E-state index contributed by atoms with van der Waals surface area (Å²) in [5.74, 6) is 2.38. The Hall–Kier alpha value is -4.85. The first-order valence-corrected chi connectivity index (χ1v) is 16.2. The second-order valence-electron chi connectivity index (χ2n) is 13.2. The molecule has 0 aliphatic carbocycles. The predicted molar refractivity (Wildman–Crippen MR) is 175 cm³/mol. The number of phenols is 1. The Labute approximate surface area is 270 Å². The molecule has 5 aromatic rings. The van der Waals surface area contributed by atoms with Gasteiger partial charge in [-0.25, -0.2) is 8.78 Å². The van der Waals surface area contributed by atoms with E-state index in [0.717, 1.165) is 50.9 Å². The van der Waals surface area contributed by atoms with Crippen LogP contribution in [0.15, 0.2) is 54.7 Å². The standard InChI is InChI=1S/C37H32F2N6O2/c1-2-21-6-3-7-22-14-25(46)15-26(31(21)22)33-32(39)34-27(16-40-33)35(44-17-23-10-11-24(18-44)41-23)43-36(42-34)47-20-37-12-5-13-45(37)19-28-29(37)8-4-9-30(28)38/h1,3-4,6-9,14-16,23-24,41,46H,5,10-13,17-20H2. The maximum Gasteiger partial charge on any atom is 0.319 e. The van der Waals surface area contributed by atoms with Crippen molar-refractivity contribution in [2.75, 3.05) is 31.1 Å². The molecule has 8 nitrogen and oxygen atoms in total. The fourth-order valence-electron chi connectivity index (χ4n) is 8.45. The predicted octanol–water partition coefficient (Wildman–Crippen LogP) is 5.63. The van der Waals surface area contributed by atoms with Gasteiger partial charge in [-0.2, -0.15) is 9.97 Å². The highest BCUT2D eigenvalue weighted by Crippen LogP contribution is 2.48. The SMILES string of the molecule is C#Cc1cccc2cc(O)cc(-c3ncc4c(N5CC6CCC(C5)N6)nc(OCC56CCCN5Cc5c(F)cccc56)nc4c3F)c12. The van der Waals surface area contributed by atoms with Crippen LogP contribution in [-0.4, -0.2) is 63.3 Å². The number of phenolic OH excluding ortho intramolecular Hbond substituents is 1. The normalized spacial score (nSPS) is 23.3. The summed E-state index contributed by atoms with van der Waals surface area (Å²) in [6.07, 6.45) is 11.4. The smallest absolute Gasteiger partial charge is 0.319 e. The molecule has 3 atom stereocenters. The minimum atomic E-state index is -0.651. The average Bonchev–Trinajstić information content (AvgIpc) is 3.74. The largest absolute Gasteiger partial charge is 0.508 e. The Morgan fingerprint density at radius 2 is 1.91 bits per heavy atom. The van der Waals surface area contributed by atoms with E-state index in [-0.39, 0.29) is 35.4 Å². The van der Waals surface area contributed by atoms with Crippen LogP contribution in [0.3, 0.4) is 0 Å². The van der Waals surface area contributed by atoms with E-state index in [1.807, 2.05) is 12.1 Å². The third-order valence-corrected chi connectivity index (χ3v) is 10.6. The molecule has 0 amide bonds. The monoisotopic (exact) mass is 630 g/mol. The van der Waals surface area contributed by atoms with E-state index >= 15 is 4.39 Å². The average molecular weight is 631 g/mol. The summed E-state index contributed by atoms with van der Waals surface area (Å²) in [6, 6.07) is 14.4. The molecule has 3 aromatic carbocycles. The molecule has 2 bridgehead atoms. The molecule has 4 aliphatic heterocycles. The number of ether oxygens (including phenoxy) is 1. The lowest BCUT2D eigenvalue weighted by Crippen LogP contribution is -2.51. The quantitative estimate of drug-likeness (QED) is 0.242. The Balaban J connectivity index is 1.19. The van der Waals surface area contributed by atoms with Gasteiger partial charge in [0.05, 0.1) is 10.9 Å². The summed E-state index contributed by atoms with van der Waals surface area (Å²) >= 11 is 0. The molecule has 236 valence electrons. The number of nitrogens with one attached hydrogen (secondary N) is 1. The zero-order valence-corrected chi connectivity index (χ0v) is 25.6. The number of hydrogen-bond donors (Lipinski definition) is 2. The van der Waals surface area contributed by atoms with Crippen LogP contribution < -0.4 is 15.0 Å². The molecule has 2 aromatic heterocycles. The first kappa shape index (κ1) is 28.4. The van der Waals surface area contributed by atoms with Crippen molar-refractivity contribution >= 4 is 27.5 Å². The van der Waals surface area contributed by atoms with Gasteiger partial charge in [0, 0.05) is 60.0 Å². The van der Waals surface area contributed by atoms with Crippen molar-refractivity contribution in [3.8, 4) is 35.4 Å². The summed E-state index contributed by atoms with van der Waals surface area (Å²) in [6.45, 7) is 3.02. The number of benzene rings is 3. The molecule has 3 saturated heterocycles. The summed E-state index contributed by atoms with van der Waals surface area (Å²) < 4.78 is 38.2. The molecule has 47 heavy (non-hydrogen) atoms. The van der Waals surface area contributed by atoms with Crippen LogP contribution >= 0.6 is 0 Å². The minimum absolute atomic E-state index is 0.0258. The number of aromatic nitrogens is 3. The number of fused-ring (bicyclic) bond motifs is 7. The van der Waals surface area contributed by atoms with Crippen LogP contribution in [0.1, 0.15) is 42.4 Å². The summed E-state index contributed by atoms with van der Waals surface area (Å²) in [5.41, 5.74) is 2.19. The fourth-order valence-corrected chi connectivity index (χ4v) is 8.45. The van der Waals surface area contributed by atoms with Crippen molar-refractivity contribution in [1.82, 2.24) is 25.2 Å². The third-order valence-electron chi connectivity index (χ3n) is 10.6.